The van der Waals surface area contributed by atoms with E-state index in [0.717, 1.165) is 24.6 Å². The van der Waals surface area contributed by atoms with Gasteiger partial charge in [0.1, 0.15) is 5.82 Å². The van der Waals surface area contributed by atoms with Crippen molar-refractivity contribution in [3.05, 3.63) is 35.7 Å². The highest BCUT2D eigenvalue weighted by Crippen LogP contribution is 2.11. The van der Waals surface area contributed by atoms with Gasteiger partial charge in [0.2, 0.25) is 0 Å². The van der Waals surface area contributed by atoms with Crippen LogP contribution in [0.2, 0.25) is 0 Å². The molecular weight excluding hydrogens is 262 g/mol. The molecule has 2 heterocycles. The Morgan fingerprint density at radius 2 is 2.00 bits per heavy atom. The normalized spacial score (nSPS) is 12.3. The monoisotopic (exact) mass is 289 g/mol. The zero-order valence-electron chi connectivity index (χ0n) is 14.0. The van der Waals surface area contributed by atoms with Crippen LogP contribution in [0.25, 0.3) is 0 Å². The highest BCUT2D eigenvalue weighted by Gasteiger charge is 2.13. The Hall–Kier alpha value is -1.62. The number of nitrogens with one attached hydrogen (secondary N) is 1. The first-order valence-corrected chi connectivity index (χ1v) is 7.56. The fourth-order valence-electron chi connectivity index (χ4n) is 2.14. The third kappa shape index (κ3) is 4.17. The lowest BCUT2D eigenvalue weighted by molar-refractivity contribution is 0.416. The molecule has 0 aromatic carbocycles. The maximum Gasteiger partial charge on any atom is 0.106 e. The number of rotatable bonds is 5. The summed E-state index contributed by atoms with van der Waals surface area (Å²) in [4.78, 5) is 4.44. The molecule has 21 heavy (non-hydrogen) atoms. The smallest absolute Gasteiger partial charge is 0.106 e. The van der Waals surface area contributed by atoms with E-state index >= 15 is 0 Å². The second-order valence-corrected chi connectivity index (χ2v) is 6.87. The summed E-state index contributed by atoms with van der Waals surface area (Å²) in [5.41, 5.74) is 2.37. The van der Waals surface area contributed by atoms with Crippen LogP contribution in [-0.4, -0.2) is 24.9 Å². The van der Waals surface area contributed by atoms with E-state index in [1.165, 1.54) is 5.69 Å². The van der Waals surface area contributed by atoms with Crippen molar-refractivity contribution in [2.75, 3.05) is 0 Å². The lowest BCUT2D eigenvalue weighted by Gasteiger charge is -2.21. The van der Waals surface area contributed by atoms with Crippen LogP contribution in [0, 0.1) is 6.92 Å². The molecule has 0 bridgehead atoms. The maximum atomic E-state index is 4.62. The van der Waals surface area contributed by atoms with Gasteiger partial charge in [0.25, 0.3) is 0 Å². The molecule has 1 N–H and O–H groups in total. The van der Waals surface area contributed by atoms with Crippen LogP contribution in [-0.2, 0) is 13.1 Å². The van der Waals surface area contributed by atoms with Crippen molar-refractivity contribution in [1.82, 2.24) is 24.6 Å². The molecule has 0 atom stereocenters. The first kappa shape index (κ1) is 15.8. The highest BCUT2D eigenvalue weighted by atomic mass is 15.3. The Balaban J connectivity index is 2.13. The van der Waals surface area contributed by atoms with Gasteiger partial charge in [-0.05, 0) is 47.6 Å². The van der Waals surface area contributed by atoms with Crippen LogP contribution in [0.4, 0.5) is 0 Å². The maximum absolute atomic E-state index is 4.62. The van der Waals surface area contributed by atoms with E-state index in [1.54, 1.807) is 0 Å². The van der Waals surface area contributed by atoms with E-state index in [1.807, 2.05) is 24.0 Å². The van der Waals surface area contributed by atoms with E-state index in [4.69, 9.17) is 0 Å². The molecule has 2 aromatic heterocycles. The van der Waals surface area contributed by atoms with Gasteiger partial charge in [-0.15, -0.1) is 0 Å². The summed E-state index contributed by atoms with van der Waals surface area (Å²) < 4.78 is 4.22. The Morgan fingerprint density at radius 3 is 2.57 bits per heavy atom. The molecule has 2 aromatic rings. The van der Waals surface area contributed by atoms with Crippen molar-refractivity contribution in [3.63, 3.8) is 0 Å². The first-order valence-electron chi connectivity index (χ1n) is 7.56. The molecule has 0 saturated carbocycles. The highest BCUT2D eigenvalue weighted by molar-refractivity contribution is 5.10. The van der Waals surface area contributed by atoms with Gasteiger partial charge in [0.15, 0.2) is 0 Å². The minimum atomic E-state index is 0.0994. The number of aryl methyl sites for hydroxylation is 1. The average molecular weight is 289 g/mol. The van der Waals surface area contributed by atoms with Crippen LogP contribution in [0.15, 0.2) is 18.5 Å². The Morgan fingerprint density at radius 1 is 1.29 bits per heavy atom. The quantitative estimate of drug-likeness (QED) is 0.920. The van der Waals surface area contributed by atoms with Crippen molar-refractivity contribution in [3.8, 4) is 0 Å². The van der Waals surface area contributed by atoms with Crippen LogP contribution in [0.3, 0.4) is 0 Å². The first-order chi connectivity index (χ1) is 9.76. The summed E-state index contributed by atoms with van der Waals surface area (Å²) >= 11 is 0. The SMILES string of the molecule is Cc1ncc(CNC(C)(C)C)n1Cc1ccn(C(C)C)n1. The molecule has 5 nitrogen and oxygen atoms in total. The van der Waals surface area contributed by atoms with Crippen molar-refractivity contribution in [1.29, 1.82) is 0 Å². The Bertz CT molecular complexity index is 586. The van der Waals surface area contributed by atoms with Gasteiger partial charge >= 0.3 is 0 Å². The van der Waals surface area contributed by atoms with Gasteiger partial charge in [0, 0.05) is 30.5 Å². The average Bonchev–Trinajstić information content (AvgIpc) is 2.96. The minimum absolute atomic E-state index is 0.0994. The molecule has 0 unspecified atom stereocenters. The summed E-state index contributed by atoms with van der Waals surface area (Å²) in [7, 11) is 0. The lowest BCUT2D eigenvalue weighted by atomic mass is 10.1. The molecule has 0 spiro atoms. The molecule has 0 fully saturated rings. The largest absolute Gasteiger partial charge is 0.325 e. The Labute approximate surface area is 127 Å². The molecule has 0 aliphatic heterocycles. The molecule has 116 valence electrons. The van der Waals surface area contributed by atoms with E-state index in [2.05, 4.69) is 60.7 Å². The van der Waals surface area contributed by atoms with Gasteiger partial charge in [-0.1, -0.05) is 0 Å². The van der Waals surface area contributed by atoms with Gasteiger partial charge in [0.05, 0.1) is 17.9 Å². The molecule has 0 aliphatic rings. The molecular formula is C16H27N5. The van der Waals surface area contributed by atoms with Crippen LogP contribution in [0.1, 0.15) is 57.9 Å². The number of aromatic nitrogens is 4. The topological polar surface area (TPSA) is 47.7 Å². The van der Waals surface area contributed by atoms with E-state index in [9.17, 15) is 0 Å². The van der Waals surface area contributed by atoms with E-state index in [-0.39, 0.29) is 5.54 Å². The van der Waals surface area contributed by atoms with E-state index < -0.39 is 0 Å². The fraction of sp³-hybridized carbons (Fsp3) is 0.625. The van der Waals surface area contributed by atoms with Gasteiger partial charge in [-0.25, -0.2) is 4.98 Å². The predicted octanol–water partition coefficient (Wildman–Crippen LogP) is 2.91. The lowest BCUT2D eigenvalue weighted by Crippen LogP contribution is -2.35. The van der Waals surface area contributed by atoms with Gasteiger partial charge < -0.3 is 9.88 Å². The summed E-state index contributed by atoms with van der Waals surface area (Å²) in [5.74, 6) is 1.03. The molecule has 2 rings (SSSR count). The van der Waals surface area contributed by atoms with Crippen molar-refractivity contribution in [2.24, 2.45) is 0 Å². The second-order valence-electron chi connectivity index (χ2n) is 6.87. The molecule has 0 amide bonds. The third-order valence-corrected chi connectivity index (χ3v) is 3.45. The number of nitrogens with zero attached hydrogens (tertiary/aromatic N) is 4. The zero-order valence-corrected chi connectivity index (χ0v) is 14.0. The van der Waals surface area contributed by atoms with Crippen LogP contribution in [0.5, 0.6) is 0 Å². The zero-order chi connectivity index (χ0) is 15.6. The molecule has 0 aliphatic carbocycles. The van der Waals surface area contributed by atoms with Gasteiger partial charge in [-0.3, -0.25) is 4.68 Å². The van der Waals surface area contributed by atoms with Crippen LogP contribution >= 0.6 is 0 Å². The summed E-state index contributed by atoms with van der Waals surface area (Å²) in [5, 5.41) is 8.14. The molecule has 0 saturated heterocycles. The van der Waals surface area contributed by atoms with E-state index in [0.29, 0.717) is 6.04 Å². The second kappa shape index (κ2) is 6.02. The predicted molar refractivity (Wildman–Crippen MR) is 85.3 cm³/mol. The fourth-order valence-corrected chi connectivity index (χ4v) is 2.14. The molecule has 5 heteroatoms. The summed E-state index contributed by atoms with van der Waals surface area (Å²) in [6.45, 7) is 14.4. The molecule has 0 radical (unpaired) electrons. The van der Waals surface area contributed by atoms with Crippen LogP contribution < -0.4 is 5.32 Å². The van der Waals surface area contributed by atoms with Crippen molar-refractivity contribution < 1.29 is 0 Å². The number of hydrogen-bond donors (Lipinski definition) is 1. The number of hydrogen-bond acceptors (Lipinski definition) is 3. The standard InChI is InChI=1S/C16H27N5/c1-12(2)21-8-7-14(19-21)11-20-13(3)17-9-15(20)10-18-16(4,5)6/h7-9,12,18H,10-11H2,1-6H3. The van der Waals surface area contributed by atoms with Crippen molar-refractivity contribution in [2.45, 2.75) is 66.2 Å². The summed E-state index contributed by atoms with van der Waals surface area (Å²) in [6.07, 6.45) is 3.99. The summed E-state index contributed by atoms with van der Waals surface area (Å²) in [6, 6.07) is 2.48. The minimum Gasteiger partial charge on any atom is -0.325 e. The third-order valence-electron chi connectivity index (χ3n) is 3.45. The van der Waals surface area contributed by atoms with Gasteiger partial charge in [-0.2, -0.15) is 5.10 Å². The van der Waals surface area contributed by atoms with Crippen molar-refractivity contribution >= 4 is 0 Å². The Kier molecular flexibility index (Phi) is 4.52. The number of imidazole rings is 1.